The number of nitrogens with one attached hydrogen (secondary N) is 1. The van der Waals surface area contributed by atoms with Crippen LogP contribution < -0.4 is 5.32 Å². The minimum Gasteiger partial charge on any atom is -0.373 e. The summed E-state index contributed by atoms with van der Waals surface area (Å²) in [5.74, 6) is 0.0641. The highest BCUT2D eigenvalue weighted by Crippen LogP contribution is 2.24. The van der Waals surface area contributed by atoms with Crippen LogP contribution in [0, 0.1) is 0 Å². The maximum Gasteiger partial charge on any atom is 0.238 e. The highest BCUT2D eigenvalue weighted by molar-refractivity contribution is 5.92. The zero-order valence-electron chi connectivity index (χ0n) is 12.9. The molecule has 1 aromatic carbocycles. The van der Waals surface area contributed by atoms with Crippen LogP contribution in [0.1, 0.15) is 31.4 Å². The lowest BCUT2D eigenvalue weighted by Crippen LogP contribution is -2.48. The van der Waals surface area contributed by atoms with Gasteiger partial charge in [-0.1, -0.05) is 6.07 Å². The van der Waals surface area contributed by atoms with Crippen LogP contribution in [0.2, 0.25) is 0 Å². The van der Waals surface area contributed by atoms with Crippen molar-refractivity contribution in [2.24, 2.45) is 0 Å². The molecule has 1 aliphatic carbocycles. The van der Waals surface area contributed by atoms with E-state index in [1.54, 1.807) is 0 Å². The Morgan fingerprint density at radius 2 is 1.95 bits per heavy atom. The molecule has 1 heterocycles. The maximum atomic E-state index is 12.2. The zero-order valence-corrected chi connectivity index (χ0v) is 12.9. The van der Waals surface area contributed by atoms with Crippen LogP contribution in [0.4, 0.5) is 5.69 Å². The van der Waals surface area contributed by atoms with Crippen LogP contribution in [-0.2, 0) is 22.4 Å². The van der Waals surface area contributed by atoms with Crippen molar-refractivity contribution in [2.75, 3.05) is 25.0 Å². The lowest BCUT2D eigenvalue weighted by molar-refractivity contribution is -0.121. The van der Waals surface area contributed by atoms with Gasteiger partial charge in [0.05, 0.1) is 18.8 Å². The number of hydrogen-bond acceptors (Lipinski definition) is 3. The molecule has 0 spiro atoms. The topological polar surface area (TPSA) is 41.6 Å². The normalized spacial score (nSPS) is 25.6. The van der Waals surface area contributed by atoms with Gasteiger partial charge in [0.15, 0.2) is 0 Å². The third-order valence-electron chi connectivity index (χ3n) is 4.24. The fourth-order valence-electron chi connectivity index (χ4n) is 3.47. The van der Waals surface area contributed by atoms with Gasteiger partial charge in [0.25, 0.3) is 0 Å². The van der Waals surface area contributed by atoms with Gasteiger partial charge in [-0.2, -0.15) is 0 Å². The van der Waals surface area contributed by atoms with Gasteiger partial charge in [-0.3, -0.25) is 9.69 Å². The molecular weight excluding hydrogens is 264 g/mol. The van der Waals surface area contributed by atoms with Gasteiger partial charge in [-0.15, -0.1) is 0 Å². The van der Waals surface area contributed by atoms with Crippen LogP contribution in [0.15, 0.2) is 18.2 Å². The van der Waals surface area contributed by atoms with E-state index >= 15 is 0 Å². The minimum absolute atomic E-state index is 0.0641. The molecule has 2 atom stereocenters. The monoisotopic (exact) mass is 288 g/mol. The summed E-state index contributed by atoms with van der Waals surface area (Å²) in [6.45, 7) is 6.20. The second-order valence-electron chi connectivity index (χ2n) is 6.34. The van der Waals surface area contributed by atoms with E-state index in [2.05, 4.69) is 36.2 Å². The molecule has 3 rings (SSSR count). The summed E-state index contributed by atoms with van der Waals surface area (Å²) in [5, 5.41) is 3.03. The van der Waals surface area contributed by atoms with Gasteiger partial charge in [-0.05, 0) is 56.4 Å². The molecule has 0 unspecified atom stereocenters. The fraction of sp³-hybridized carbons (Fsp3) is 0.588. The van der Waals surface area contributed by atoms with Crippen LogP contribution >= 0.6 is 0 Å². The third-order valence-corrected chi connectivity index (χ3v) is 4.24. The van der Waals surface area contributed by atoms with E-state index < -0.39 is 0 Å². The van der Waals surface area contributed by atoms with Crippen molar-refractivity contribution >= 4 is 11.6 Å². The molecule has 1 saturated heterocycles. The molecule has 0 radical (unpaired) electrons. The number of nitrogens with zero attached hydrogens (tertiary/aromatic N) is 1. The Morgan fingerprint density at radius 3 is 2.71 bits per heavy atom. The number of anilines is 1. The van der Waals surface area contributed by atoms with Crippen molar-refractivity contribution in [1.29, 1.82) is 0 Å². The van der Waals surface area contributed by atoms with Gasteiger partial charge < -0.3 is 10.1 Å². The Labute approximate surface area is 126 Å². The van der Waals surface area contributed by atoms with E-state index in [1.165, 1.54) is 24.0 Å². The summed E-state index contributed by atoms with van der Waals surface area (Å²) in [7, 11) is 0. The standard InChI is InChI=1S/C17H24N2O2/c1-12-9-19(10-13(2)21-12)11-17(20)18-16-7-6-14-4-3-5-15(14)8-16/h6-8,12-13H,3-5,9-11H2,1-2H3,(H,18,20)/t12-,13+. The second-order valence-corrected chi connectivity index (χ2v) is 6.34. The second kappa shape index (κ2) is 6.16. The zero-order chi connectivity index (χ0) is 14.8. The quantitative estimate of drug-likeness (QED) is 0.927. The summed E-state index contributed by atoms with van der Waals surface area (Å²) < 4.78 is 5.69. The molecule has 1 aromatic rings. The van der Waals surface area contributed by atoms with Crippen molar-refractivity contribution in [1.82, 2.24) is 4.90 Å². The molecule has 114 valence electrons. The SMILES string of the molecule is C[C@@H]1CN(CC(=O)Nc2ccc3c(c2)CCC3)C[C@H](C)O1. The number of morpholine rings is 1. The van der Waals surface area contributed by atoms with E-state index in [0.29, 0.717) is 6.54 Å². The summed E-state index contributed by atoms with van der Waals surface area (Å²) in [6, 6.07) is 6.30. The molecular formula is C17H24N2O2. The third kappa shape index (κ3) is 3.63. The first-order valence-electron chi connectivity index (χ1n) is 7.89. The van der Waals surface area contributed by atoms with Crippen LogP contribution in [-0.4, -0.2) is 42.6 Å². The first kappa shape index (κ1) is 14.5. The Kier molecular flexibility index (Phi) is 4.27. The summed E-state index contributed by atoms with van der Waals surface area (Å²) >= 11 is 0. The molecule has 21 heavy (non-hydrogen) atoms. The number of aryl methyl sites for hydroxylation is 2. The average molecular weight is 288 g/mol. The van der Waals surface area contributed by atoms with Crippen LogP contribution in [0.25, 0.3) is 0 Å². The predicted octanol–water partition coefficient (Wildman–Crippen LogP) is 2.22. The highest BCUT2D eigenvalue weighted by atomic mass is 16.5. The number of carbonyl (C=O) groups excluding carboxylic acids is 1. The van der Waals surface area contributed by atoms with E-state index in [0.717, 1.165) is 25.2 Å². The van der Waals surface area contributed by atoms with Gasteiger partial charge in [-0.25, -0.2) is 0 Å². The van der Waals surface area contributed by atoms with E-state index in [1.807, 2.05) is 6.07 Å². The molecule has 4 nitrogen and oxygen atoms in total. The number of hydrogen-bond donors (Lipinski definition) is 1. The van der Waals surface area contributed by atoms with E-state index in [4.69, 9.17) is 4.74 Å². The van der Waals surface area contributed by atoms with Crippen molar-refractivity contribution in [2.45, 2.75) is 45.3 Å². The average Bonchev–Trinajstić information content (AvgIpc) is 2.84. The first-order valence-corrected chi connectivity index (χ1v) is 7.89. The minimum atomic E-state index is 0.0641. The largest absolute Gasteiger partial charge is 0.373 e. The molecule has 1 aliphatic heterocycles. The van der Waals surface area contributed by atoms with Crippen molar-refractivity contribution in [3.63, 3.8) is 0 Å². The molecule has 1 amide bonds. The smallest absolute Gasteiger partial charge is 0.238 e. The Hall–Kier alpha value is -1.39. The molecule has 0 bridgehead atoms. The van der Waals surface area contributed by atoms with Crippen LogP contribution in [0.5, 0.6) is 0 Å². The summed E-state index contributed by atoms with van der Waals surface area (Å²) in [6.07, 6.45) is 3.93. The van der Waals surface area contributed by atoms with Gasteiger partial charge in [0.2, 0.25) is 5.91 Å². The summed E-state index contributed by atoms with van der Waals surface area (Å²) in [5.41, 5.74) is 3.75. The van der Waals surface area contributed by atoms with Gasteiger partial charge in [0, 0.05) is 18.8 Å². The van der Waals surface area contributed by atoms with E-state index in [-0.39, 0.29) is 18.1 Å². The molecule has 4 heteroatoms. The van der Waals surface area contributed by atoms with Crippen molar-refractivity contribution in [3.05, 3.63) is 29.3 Å². The summed E-state index contributed by atoms with van der Waals surface area (Å²) in [4.78, 5) is 14.4. The lowest BCUT2D eigenvalue weighted by Gasteiger charge is -2.34. The molecule has 1 fully saturated rings. The molecule has 0 saturated carbocycles. The molecule has 0 aromatic heterocycles. The highest BCUT2D eigenvalue weighted by Gasteiger charge is 2.23. The van der Waals surface area contributed by atoms with Crippen molar-refractivity contribution in [3.8, 4) is 0 Å². The van der Waals surface area contributed by atoms with Crippen LogP contribution in [0.3, 0.4) is 0 Å². The lowest BCUT2D eigenvalue weighted by atomic mass is 10.1. The molecule has 1 N–H and O–H groups in total. The van der Waals surface area contributed by atoms with Gasteiger partial charge >= 0.3 is 0 Å². The fourth-order valence-corrected chi connectivity index (χ4v) is 3.47. The Balaban J connectivity index is 1.56. The number of carbonyl (C=O) groups is 1. The number of benzene rings is 1. The predicted molar refractivity (Wildman–Crippen MR) is 83.5 cm³/mol. The van der Waals surface area contributed by atoms with E-state index in [9.17, 15) is 4.79 Å². The number of fused-ring (bicyclic) bond motifs is 1. The number of amides is 1. The maximum absolute atomic E-state index is 12.2. The Bertz CT molecular complexity index is 520. The Morgan fingerprint density at radius 1 is 1.24 bits per heavy atom. The first-order chi connectivity index (χ1) is 10.1. The number of rotatable bonds is 3. The molecule has 2 aliphatic rings. The van der Waals surface area contributed by atoms with Crippen molar-refractivity contribution < 1.29 is 9.53 Å². The van der Waals surface area contributed by atoms with Gasteiger partial charge in [0.1, 0.15) is 0 Å². The number of ether oxygens (including phenoxy) is 1.